The standard InChI is InChI=1S/C15H26N2O3/c1-12(2)11-20-15(19)17-9-5-13(6-10-17)14(18)16-7-3-4-8-16/h12-13H,3-11H2,1-2H3. The lowest BCUT2D eigenvalue weighted by molar-refractivity contribution is -0.135. The highest BCUT2D eigenvalue weighted by Crippen LogP contribution is 2.22. The zero-order chi connectivity index (χ0) is 14.5. The van der Waals surface area contributed by atoms with Gasteiger partial charge in [0, 0.05) is 32.1 Å². The minimum Gasteiger partial charge on any atom is -0.449 e. The van der Waals surface area contributed by atoms with Crippen LogP contribution in [0.25, 0.3) is 0 Å². The third-order valence-electron chi connectivity index (χ3n) is 4.06. The van der Waals surface area contributed by atoms with E-state index in [0.717, 1.165) is 38.8 Å². The molecule has 0 unspecified atom stereocenters. The van der Waals surface area contributed by atoms with Crippen molar-refractivity contribution in [2.45, 2.75) is 39.5 Å². The van der Waals surface area contributed by atoms with Gasteiger partial charge in [-0.2, -0.15) is 0 Å². The molecule has 0 saturated carbocycles. The smallest absolute Gasteiger partial charge is 0.409 e. The van der Waals surface area contributed by atoms with Gasteiger partial charge >= 0.3 is 6.09 Å². The van der Waals surface area contributed by atoms with Gasteiger partial charge in [0.2, 0.25) is 5.91 Å². The van der Waals surface area contributed by atoms with Crippen LogP contribution in [0.3, 0.4) is 0 Å². The van der Waals surface area contributed by atoms with E-state index < -0.39 is 0 Å². The van der Waals surface area contributed by atoms with E-state index in [0.29, 0.717) is 25.6 Å². The summed E-state index contributed by atoms with van der Waals surface area (Å²) >= 11 is 0. The van der Waals surface area contributed by atoms with Crippen molar-refractivity contribution in [3.63, 3.8) is 0 Å². The molecular formula is C15H26N2O3. The molecule has 0 aromatic rings. The molecule has 0 atom stereocenters. The molecule has 2 amide bonds. The fourth-order valence-electron chi connectivity index (χ4n) is 2.83. The highest BCUT2D eigenvalue weighted by molar-refractivity contribution is 5.79. The summed E-state index contributed by atoms with van der Waals surface area (Å²) in [5.74, 6) is 0.744. The number of likely N-dealkylation sites (tertiary alicyclic amines) is 2. The molecule has 114 valence electrons. The van der Waals surface area contributed by atoms with Crippen LogP contribution in [0, 0.1) is 11.8 Å². The molecule has 2 saturated heterocycles. The largest absolute Gasteiger partial charge is 0.449 e. The lowest BCUT2D eigenvalue weighted by Gasteiger charge is -2.32. The zero-order valence-electron chi connectivity index (χ0n) is 12.6. The third-order valence-corrected chi connectivity index (χ3v) is 4.06. The van der Waals surface area contributed by atoms with Gasteiger partial charge in [-0.1, -0.05) is 13.8 Å². The Morgan fingerprint density at radius 1 is 1.05 bits per heavy atom. The number of carbonyl (C=O) groups excluding carboxylic acids is 2. The predicted molar refractivity (Wildman–Crippen MR) is 76.3 cm³/mol. The molecular weight excluding hydrogens is 256 g/mol. The van der Waals surface area contributed by atoms with Crippen LogP contribution in [-0.2, 0) is 9.53 Å². The maximum absolute atomic E-state index is 12.3. The van der Waals surface area contributed by atoms with E-state index in [9.17, 15) is 9.59 Å². The molecule has 5 heteroatoms. The fraction of sp³-hybridized carbons (Fsp3) is 0.867. The van der Waals surface area contributed by atoms with Crippen LogP contribution < -0.4 is 0 Å². The lowest BCUT2D eigenvalue weighted by Crippen LogP contribution is -2.44. The number of hydrogen-bond donors (Lipinski definition) is 0. The molecule has 0 N–H and O–H groups in total. The second-order valence-electron chi connectivity index (χ2n) is 6.26. The SMILES string of the molecule is CC(C)COC(=O)N1CCC(C(=O)N2CCCC2)CC1. The molecule has 5 nitrogen and oxygen atoms in total. The Hall–Kier alpha value is -1.26. The summed E-state index contributed by atoms with van der Waals surface area (Å²) in [5.41, 5.74) is 0. The van der Waals surface area contributed by atoms with E-state index in [-0.39, 0.29) is 17.9 Å². The van der Waals surface area contributed by atoms with E-state index in [1.807, 2.05) is 18.7 Å². The van der Waals surface area contributed by atoms with E-state index in [1.54, 1.807) is 4.90 Å². The summed E-state index contributed by atoms with van der Waals surface area (Å²) < 4.78 is 5.23. The third kappa shape index (κ3) is 3.87. The van der Waals surface area contributed by atoms with Crippen molar-refractivity contribution in [3.8, 4) is 0 Å². The molecule has 2 rings (SSSR count). The molecule has 20 heavy (non-hydrogen) atoms. The topological polar surface area (TPSA) is 49.9 Å². The van der Waals surface area contributed by atoms with Gasteiger partial charge in [0.25, 0.3) is 0 Å². The predicted octanol–water partition coefficient (Wildman–Crippen LogP) is 2.11. The van der Waals surface area contributed by atoms with Gasteiger partial charge in [-0.3, -0.25) is 4.79 Å². The minimum absolute atomic E-state index is 0.0993. The Balaban J connectivity index is 1.74. The van der Waals surface area contributed by atoms with E-state index in [4.69, 9.17) is 4.74 Å². The quantitative estimate of drug-likeness (QED) is 0.796. The molecule has 2 aliphatic heterocycles. The molecule has 2 aliphatic rings. The second kappa shape index (κ2) is 6.95. The number of rotatable bonds is 3. The van der Waals surface area contributed by atoms with Crippen molar-refractivity contribution in [1.29, 1.82) is 0 Å². The second-order valence-corrected chi connectivity index (χ2v) is 6.26. The number of nitrogens with zero attached hydrogens (tertiary/aromatic N) is 2. The summed E-state index contributed by atoms with van der Waals surface area (Å²) in [5, 5.41) is 0. The van der Waals surface area contributed by atoms with E-state index in [1.165, 1.54) is 0 Å². The first-order valence-electron chi connectivity index (χ1n) is 7.78. The van der Waals surface area contributed by atoms with Crippen LogP contribution in [0.1, 0.15) is 39.5 Å². The first kappa shape index (κ1) is 15.1. The maximum Gasteiger partial charge on any atom is 0.409 e. The van der Waals surface area contributed by atoms with Crippen LogP contribution >= 0.6 is 0 Å². The van der Waals surface area contributed by atoms with Gasteiger partial charge in [0.1, 0.15) is 0 Å². The van der Waals surface area contributed by atoms with Crippen molar-refractivity contribution in [1.82, 2.24) is 9.80 Å². The molecule has 2 fully saturated rings. The van der Waals surface area contributed by atoms with Gasteiger partial charge in [-0.25, -0.2) is 4.79 Å². The molecule has 0 spiro atoms. The molecule has 0 bridgehead atoms. The van der Waals surface area contributed by atoms with E-state index in [2.05, 4.69) is 0 Å². The van der Waals surface area contributed by atoms with E-state index >= 15 is 0 Å². The van der Waals surface area contributed by atoms with Crippen molar-refractivity contribution in [2.75, 3.05) is 32.8 Å². The van der Waals surface area contributed by atoms with Crippen molar-refractivity contribution < 1.29 is 14.3 Å². The van der Waals surface area contributed by atoms with Crippen LogP contribution in [0.4, 0.5) is 4.79 Å². The van der Waals surface area contributed by atoms with Crippen LogP contribution in [-0.4, -0.2) is 54.6 Å². The summed E-state index contributed by atoms with van der Waals surface area (Å²) in [6.45, 7) is 7.61. The molecule has 0 aromatic heterocycles. The Labute approximate surface area is 121 Å². The normalized spacial score (nSPS) is 20.6. The van der Waals surface area contributed by atoms with Crippen molar-refractivity contribution >= 4 is 12.0 Å². The lowest BCUT2D eigenvalue weighted by atomic mass is 9.95. The van der Waals surface area contributed by atoms with Gasteiger partial charge in [0.15, 0.2) is 0 Å². The highest BCUT2D eigenvalue weighted by atomic mass is 16.6. The number of hydrogen-bond acceptors (Lipinski definition) is 3. The summed E-state index contributed by atoms with van der Waals surface area (Å²) in [6, 6.07) is 0. The molecule has 0 aromatic carbocycles. The molecule has 2 heterocycles. The Morgan fingerprint density at radius 3 is 2.20 bits per heavy atom. The van der Waals surface area contributed by atoms with Gasteiger partial charge in [-0.15, -0.1) is 0 Å². The monoisotopic (exact) mass is 282 g/mol. The maximum atomic E-state index is 12.3. The zero-order valence-corrected chi connectivity index (χ0v) is 12.6. The first-order valence-corrected chi connectivity index (χ1v) is 7.78. The minimum atomic E-state index is -0.231. The van der Waals surface area contributed by atoms with Crippen LogP contribution in [0.2, 0.25) is 0 Å². The van der Waals surface area contributed by atoms with Gasteiger partial charge < -0.3 is 14.5 Å². The average molecular weight is 282 g/mol. The summed E-state index contributed by atoms with van der Waals surface area (Å²) in [7, 11) is 0. The molecule has 0 radical (unpaired) electrons. The highest BCUT2D eigenvalue weighted by Gasteiger charge is 2.31. The van der Waals surface area contributed by atoms with Gasteiger partial charge in [-0.05, 0) is 31.6 Å². The average Bonchev–Trinajstić information content (AvgIpc) is 2.98. The number of ether oxygens (including phenoxy) is 1. The molecule has 0 aliphatic carbocycles. The number of piperidine rings is 1. The summed E-state index contributed by atoms with van der Waals surface area (Å²) in [6.07, 6.45) is 3.57. The van der Waals surface area contributed by atoms with Gasteiger partial charge in [0.05, 0.1) is 6.61 Å². The number of carbonyl (C=O) groups is 2. The Bertz CT molecular complexity index is 343. The van der Waals surface area contributed by atoms with Crippen molar-refractivity contribution in [2.24, 2.45) is 11.8 Å². The van der Waals surface area contributed by atoms with Crippen LogP contribution in [0.5, 0.6) is 0 Å². The summed E-state index contributed by atoms with van der Waals surface area (Å²) in [4.78, 5) is 27.8. The van der Waals surface area contributed by atoms with Crippen LogP contribution in [0.15, 0.2) is 0 Å². The number of amides is 2. The Morgan fingerprint density at radius 2 is 1.65 bits per heavy atom. The fourth-order valence-corrected chi connectivity index (χ4v) is 2.83. The Kier molecular flexibility index (Phi) is 5.26. The van der Waals surface area contributed by atoms with Crippen molar-refractivity contribution in [3.05, 3.63) is 0 Å². The first-order chi connectivity index (χ1) is 9.58.